The van der Waals surface area contributed by atoms with Crippen molar-refractivity contribution in [2.45, 2.75) is 13.0 Å². The number of carbonyl (C=O) groups is 1. The minimum Gasteiger partial charge on any atom is -0.394 e. The lowest BCUT2D eigenvalue weighted by Crippen LogP contribution is -2.21. The van der Waals surface area contributed by atoms with Crippen molar-refractivity contribution >= 4 is 5.78 Å². The van der Waals surface area contributed by atoms with E-state index in [-0.39, 0.29) is 25.6 Å². The number of ether oxygens (including phenoxy) is 1. The normalized spacial score (nSPS) is 13.1. The molecule has 10 heavy (non-hydrogen) atoms. The van der Waals surface area contributed by atoms with Gasteiger partial charge in [0.25, 0.3) is 0 Å². The van der Waals surface area contributed by atoms with Gasteiger partial charge in [-0.25, -0.2) is 0 Å². The van der Waals surface area contributed by atoms with Crippen molar-refractivity contribution in [3.8, 4) is 0 Å². The maximum Gasteiger partial charge on any atom is 0.155 e. The van der Waals surface area contributed by atoms with Gasteiger partial charge in [0.2, 0.25) is 0 Å². The molecular formula is C6H12O4. The number of hydrogen-bond donors (Lipinski definition) is 2. The molecule has 0 rings (SSSR count). The summed E-state index contributed by atoms with van der Waals surface area (Å²) >= 11 is 0. The summed E-state index contributed by atoms with van der Waals surface area (Å²) in [6.45, 7) is 1.07. The molecule has 0 aliphatic rings. The summed E-state index contributed by atoms with van der Waals surface area (Å²) in [5.41, 5.74) is 0. The molecule has 0 bridgehead atoms. The summed E-state index contributed by atoms with van der Waals surface area (Å²) in [5.74, 6) is -0.0925. The highest BCUT2D eigenvalue weighted by atomic mass is 16.5. The number of aliphatic hydroxyl groups excluding tert-OH is 2. The topological polar surface area (TPSA) is 66.8 Å². The number of carbonyl (C=O) groups excluding carboxylic acids is 1. The first kappa shape index (κ1) is 9.55. The molecule has 60 valence electrons. The molecule has 0 radical (unpaired) electrons. The maximum atomic E-state index is 10.2. The Morgan fingerprint density at radius 3 is 2.70 bits per heavy atom. The van der Waals surface area contributed by atoms with E-state index in [1.165, 1.54) is 6.92 Å². The average Bonchev–Trinajstić information content (AvgIpc) is 1.87. The largest absolute Gasteiger partial charge is 0.394 e. The zero-order valence-corrected chi connectivity index (χ0v) is 5.91. The number of hydrogen-bond acceptors (Lipinski definition) is 4. The van der Waals surface area contributed by atoms with Gasteiger partial charge in [0.05, 0.1) is 13.2 Å². The summed E-state index contributed by atoms with van der Waals surface area (Å²) < 4.78 is 4.69. The molecule has 0 aliphatic carbocycles. The summed E-state index contributed by atoms with van der Waals surface area (Å²) in [5, 5.41) is 17.0. The van der Waals surface area contributed by atoms with Gasteiger partial charge in [-0.2, -0.15) is 0 Å². The second-order valence-electron chi connectivity index (χ2n) is 2.05. The van der Waals surface area contributed by atoms with Crippen molar-refractivity contribution in [3.63, 3.8) is 0 Å². The summed E-state index contributed by atoms with van der Waals surface area (Å²) in [7, 11) is 0. The third kappa shape index (κ3) is 5.68. The number of ketones is 1. The molecule has 4 heteroatoms. The summed E-state index contributed by atoms with van der Waals surface area (Å²) in [4.78, 5) is 10.2. The van der Waals surface area contributed by atoms with Crippen molar-refractivity contribution in [1.29, 1.82) is 0 Å². The number of aliphatic hydroxyl groups is 2. The van der Waals surface area contributed by atoms with Crippen molar-refractivity contribution in [2.75, 3.05) is 19.8 Å². The van der Waals surface area contributed by atoms with E-state index in [1.54, 1.807) is 0 Å². The van der Waals surface area contributed by atoms with E-state index in [0.717, 1.165) is 0 Å². The molecule has 0 spiro atoms. The Bertz CT molecular complexity index is 102. The van der Waals surface area contributed by atoms with E-state index in [1.807, 2.05) is 0 Å². The van der Waals surface area contributed by atoms with Crippen LogP contribution in [0.25, 0.3) is 0 Å². The van der Waals surface area contributed by atoms with E-state index < -0.39 is 6.10 Å². The summed E-state index contributed by atoms with van der Waals surface area (Å²) in [6, 6.07) is 0. The molecule has 4 nitrogen and oxygen atoms in total. The van der Waals surface area contributed by atoms with Gasteiger partial charge in [0.1, 0.15) is 12.7 Å². The average molecular weight is 148 g/mol. The Morgan fingerprint density at radius 2 is 2.30 bits per heavy atom. The van der Waals surface area contributed by atoms with Crippen molar-refractivity contribution < 1.29 is 19.7 Å². The molecule has 1 unspecified atom stereocenters. The third-order valence-corrected chi connectivity index (χ3v) is 0.826. The van der Waals surface area contributed by atoms with Gasteiger partial charge in [-0.1, -0.05) is 0 Å². The second kappa shape index (κ2) is 5.34. The van der Waals surface area contributed by atoms with Crippen LogP contribution in [0.2, 0.25) is 0 Å². The van der Waals surface area contributed by atoms with Crippen LogP contribution in [0.3, 0.4) is 0 Å². The van der Waals surface area contributed by atoms with Gasteiger partial charge in [-0.3, -0.25) is 4.79 Å². The van der Waals surface area contributed by atoms with Crippen LogP contribution in [0.1, 0.15) is 6.92 Å². The highest BCUT2D eigenvalue weighted by Crippen LogP contribution is 1.83. The highest BCUT2D eigenvalue weighted by Gasteiger charge is 2.01. The molecule has 0 aromatic rings. The van der Waals surface area contributed by atoms with Crippen LogP contribution < -0.4 is 0 Å². The highest BCUT2D eigenvalue weighted by molar-refractivity contribution is 5.76. The predicted octanol–water partition coefficient (Wildman–Crippen LogP) is -1.05. The van der Waals surface area contributed by atoms with Gasteiger partial charge in [0, 0.05) is 0 Å². The predicted molar refractivity (Wildman–Crippen MR) is 34.6 cm³/mol. The van der Waals surface area contributed by atoms with Gasteiger partial charge < -0.3 is 14.9 Å². The van der Waals surface area contributed by atoms with Crippen LogP contribution in [-0.4, -0.2) is 41.9 Å². The van der Waals surface area contributed by atoms with E-state index in [4.69, 9.17) is 10.2 Å². The maximum absolute atomic E-state index is 10.2. The minimum absolute atomic E-state index is 0.00292. The number of Topliss-reactive ketones (excluding diaryl/α,β-unsaturated/α-hetero) is 1. The van der Waals surface area contributed by atoms with Crippen molar-refractivity contribution in [3.05, 3.63) is 0 Å². The lowest BCUT2D eigenvalue weighted by molar-refractivity contribution is -0.122. The van der Waals surface area contributed by atoms with Crippen LogP contribution in [0.4, 0.5) is 0 Å². The Kier molecular flexibility index (Phi) is 5.10. The van der Waals surface area contributed by atoms with E-state index >= 15 is 0 Å². The Morgan fingerprint density at radius 1 is 1.70 bits per heavy atom. The molecule has 2 N–H and O–H groups in total. The van der Waals surface area contributed by atoms with Crippen LogP contribution in [0, 0.1) is 0 Å². The molecule has 1 atom stereocenters. The molecular weight excluding hydrogens is 136 g/mol. The SMILES string of the molecule is CC(=O)COCC(O)CO. The Labute approximate surface area is 59.4 Å². The van der Waals surface area contributed by atoms with Crippen molar-refractivity contribution in [1.82, 2.24) is 0 Å². The molecule has 0 aromatic heterocycles. The molecule has 0 saturated heterocycles. The fourth-order valence-corrected chi connectivity index (χ4v) is 0.391. The summed E-state index contributed by atoms with van der Waals surface area (Å²) in [6.07, 6.45) is -0.876. The van der Waals surface area contributed by atoms with Crippen molar-refractivity contribution in [2.24, 2.45) is 0 Å². The van der Waals surface area contributed by atoms with E-state index in [2.05, 4.69) is 4.74 Å². The zero-order chi connectivity index (χ0) is 7.98. The Balaban J connectivity index is 3.11. The monoisotopic (exact) mass is 148 g/mol. The second-order valence-corrected chi connectivity index (χ2v) is 2.05. The zero-order valence-electron chi connectivity index (χ0n) is 5.91. The molecule has 0 heterocycles. The first-order valence-electron chi connectivity index (χ1n) is 3.03. The van der Waals surface area contributed by atoms with E-state index in [9.17, 15) is 4.79 Å². The fourth-order valence-electron chi connectivity index (χ4n) is 0.391. The lowest BCUT2D eigenvalue weighted by atomic mass is 10.4. The quantitative estimate of drug-likeness (QED) is 0.522. The molecule has 0 amide bonds. The lowest BCUT2D eigenvalue weighted by Gasteiger charge is -2.05. The minimum atomic E-state index is -0.876. The first-order valence-corrected chi connectivity index (χ1v) is 3.03. The van der Waals surface area contributed by atoms with Gasteiger partial charge in [-0.05, 0) is 6.92 Å². The van der Waals surface area contributed by atoms with Crippen LogP contribution in [0.5, 0.6) is 0 Å². The number of rotatable bonds is 5. The van der Waals surface area contributed by atoms with Gasteiger partial charge in [0.15, 0.2) is 5.78 Å². The molecule has 0 aliphatic heterocycles. The van der Waals surface area contributed by atoms with Crippen LogP contribution in [-0.2, 0) is 9.53 Å². The first-order chi connectivity index (χ1) is 4.66. The van der Waals surface area contributed by atoms with Crippen LogP contribution >= 0.6 is 0 Å². The third-order valence-electron chi connectivity index (χ3n) is 0.826. The fraction of sp³-hybridized carbons (Fsp3) is 0.833. The van der Waals surface area contributed by atoms with Gasteiger partial charge >= 0.3 is 0 Å². The standard InChI is InChI=1S/C6H12O4/c1-5(8)3-10-4-6(9)2-7/h6-7,9H,2-4H2,1H3. The van der Waals surface area contributed by atoms with Gasteiger partial charge in [-0.15, -0.1) is 0 Å². The Hall–Kier alpha value is -0.450. The van der Waals surface area contributed by atoms with Crippen LogP contribution in [0.15, 0.2) is 0 Å². The smallest absolute Gasteiger partial charge is 0.155 e. The molecule has 0 saturated carbocycles. The molecule has 0 aromatic carbocycles. The van der Waals surface area contributed by atoms with E-state index in [0.29, 0.717) is 0 Å². The molecule has 0 fully saturated rings.